The summed E-state index contributed by atoms with van der Waals surface area (Å²) < 4.78 is 19.2. The lowest BCUT2D eigenvalue weighted by Gasteiger charge is -2.34. The molecule has 264 valence electrons. The molecule has 0 aromatic heterocycles. The van der Waals surface area contributed by atoms with Gasteiger partial charge < -0.3 is 24.0 Å². The first-order chi connectivity index (χ1) is 25.3. The lowest BCUT2D eigenvalue weighted by Crippen LogP contribution is -2.46. The van der Waals surface area contributed by atoms with Crippen molar-refractivity contribution in [1.82, 2.24) is 9.80 Å². The van der Waals surface area contributed by atoms with Crippen LogP contribution in [0.4, 0.5) is 0 Å². The average Bonchev–Trinajstić information content (AvgIpc) is 3.66. The summed E-state index contributed by atoms with van der Waals surface area (Å²) in [5, 5.41) is 0. The van der Waals surface area contributed by atoms with E-state index in [-0.39, 0.29) is 12.2 Å². The van der Waals surface area contributed by atoms with Gasteiger partial charge in [-0.3, -0.25) is 0 Å². The highest BCUT2D eigenvalue weighted by molar-refractivity contribution is 5.33. The van der Waals surface area contributed by atoms with Crippen LogP contribution in [-0.4, -0.2) is 55.7 Å². The molecule has 2 saturated heterocycles. The van der Waals surface area contributed by atoms with Gasteiger partial charge in [-0.2, -0.15) is 0 Å². The largest absolute Gasteiger partial charge is 0.494 e. The fraction of sp³-hybridized carbons (Fsp3) is 0.348. The Labute approximate surface area is 304 Å². The maximum atomic E-state index is 6.51. The van der Waals surface area contributed by atoms with Gasteiger partial charge in [-0.15, -0.1) is 0 Å². The Morgan fingerprint density at radius 3 is 1.43 bits per heavy atom. The number of hydrogen-bond donors (Lipinski definition) is 0. The molecule has 0 N–H and O–H groups in total. The molecule has 2 fully saturated rings. The highest BCUT2D eigenvalue weighted by Crippen LogP contribution is 2.48. The number of nitrogens with zero attached hydrogens (tertiary/aromatic N) is 2. The number of rotatable bonds is 16. The number of benzene rings is 5. The van der Waals surface area contributed by atoms with Crippen molar-refractivity contribution in [2.24, 2.45) is 0 Å². The SMILES string of the molecule is c1ccc(C(CCCCN2CCN(CCCCOc3ccc(C4OC(c5ccccc5)C(c5ccccc5)O4)cc3)CC2)c2ccccc2)cc1. The van der Waals surface area contributed by atoms with E-state index in [2.05, 4.69) is 131 Å². The Morgan fingerprint density at radius 1 is 0.490 bits per heavy atom. The normalized spacial score (nSPS) is 19.7. The Hall–Kier alpha value is -4.26. The molecule has 7 rings (SSSR count). The summed E-state index contributed by atoms with van der Waals surface area (Å²) in [5.74, 6) is 1.37. The van der Waals surface area contributed by atoms with Crippen LogP contribution in [-0.2, 0) is 9.47 Å². The Morgan fingerprint density at radius 2 is 0.941 bits per heavy atom. The molecule has 0 bridgehead atoms. The van der Waals surface area contributed by atoms with E-state index < -0.39 is 6.29 Å². The lowest BCUT2D eigenvalue weighted by molar-refractivity contribution is -0.0698. The van der Waals surface area contributed by atoms with Gasteiger partial charge in [0.2, 0.25) is 0 Å². The standard InChI is InChI=1S/C46H52N2O3/c1-5-17-37(18-6-1)43(38-19-7-2-8-20-38)25-13-14-30-47-32-34-48(35-33-47)31-15-16-36-49-42-28-26-41(27-29-42)46-50-44(39-21-9-3-10-22-39)45(51-46)40-23-11-4-12-24-40/h1-12,17-24,26-29,43-46H,13-16,25,30-36H2. The predicted molar refractivity (Wildman–Crippen MR) is 206 cm³/mol. The summed E-state index contributed by atoms with van der Waals surface area (Å²) in [5.41, 5.74) is 6.11. The Bertz CT molecular complexity index is 1610. The van der Waals surface area contributed by atoms with Gasteiger partial charge in [0.05, 0.1) is 6.61 Å². The van der Waals surface area contributed by atoms with Crippen LogP contribution in [0.2, 0.25) is 0 Å². The van der Waals surface area contributed by atoms with E-state index in [1.165, 1.54) is 63.1 Å². The van der Waals surface area contributed by atoms with E-state index >= 15 is 0 Å². The lowest BCUT2D eigenvalue weighted by atomic mass is 9.87. The Balaban J connectivity index is 0.785. The second kappa shape index (κ2) is 18.3. The molecule has 5 aromatic carbocycles. The maximum Gasteiger partial charge on any atom is 0.185 e. The molecule has 0 amide bonds. The van der Waals surface area contributed by atoms with Crippen LogP contribution in [0.25, 0.3) is 0 Å². The molecular formula is C46H52N2O3. The van der Waals surface area contributed by atoms with Gasteiger partial charge in [0.15, 0.2) is 6.29 Å². The number of hydrogen-bond acceptors (Lipinski definition) is 5. The van der Waals surface area contributed by atoms with Crippen LogP contribution in [0.15, 0.2) is 146 Å². The van der Waals surface area contributed by atoms with Gasteiger partial charge in [0.25, 0.3) is 0 Å². The third-order valence-corrected chi connectivity index (χ3v) is 10.4. The number of piperazine rings is 1. The van der Waals surface area contributed by atoms with Crippen LogP contribution >= 0.6 is 0 Å². The summed E-state index contributed by atoms with van der Waals surface area (Å²) in [7, 11) is 0. The first-order valence-corrected chi connectivity index (χ1v) is 19.0. The van der Waals surface area contributed by atoms with Gasteiger partial charge in [0.1, 0.15) is 18.0 Å². The van der Waals surface area contributed by atoms with Gasteiger partial charge >= 0.3 is 0 Å². The molecule has 5 nitrogen and oxygen atoms in total. The van der Waals surface area contributed by atoms with Crippen molar-refractivity contribution in [1.29, 1.82) is 0 Å². The fourth-order valence-corrected chi connectivity index (χ4v) is 7.56. The number of unbranched alkanes of at least 4 members (excludes halogenated alkanes) is 2. The van der Waals surface area contributed by atoms with Crippen molar-refractivity contribution in [2.75, 3.05) is 45.9 Å². The van der Waals surface area contributed by atoms with Crippen LogP contribution in [0.3, 0.4) is 0 Å². The van der Waals surface area contributed by atoms with Crippen molar-refractivity contribution < 1.29 is 14.2 Å². The minimum absolute atomic E-state index is 0.166. The molecule has 0 spiro atoms. The second-order valence-electron chi connectivity index (χ2n) is 13.9. The quantitative estimate of drug-likeness (QED) is 0.0970. The van der Waals surface area contributed by atoms with Gasteiger partial charge in [-0.1, -0.05) is 140 Å². The van der Waals surface area contributed by atoms with Crippen LogP contribution < -0.4 is 4.74 Å². The highest BCUT2D eigenvalue weighted by Gasteiger charge is 2.38. The van der Waals surface area contributed by atoms with E-state index in [9.17, 15) is 0 Å². The minimum Gasteiger partial charge on any atom is -0.494 e. The Kier molecular flexibility index (Phi) is 12.6. The molecule has 0 saturated carbocycles. The maximum absolute atomic E-state index is 6.51. The summed E-state index contributed by atoms with van der Waals surface area (Å²) >= 11 is 0. The minimum atomic E-state index is -0.429. The molecule has 2 aliphatic rings. The molecular weight excluding hydrogens is 629 g/mol. The first kappa shape index (κ1) is 35.2. The van der Waals surface area contributed by atoms with E-state index in [4.69, 9.17) is 14.2 Å². The van der Waals surface area contributed by atoms with Crippen LogP contribution in [0.1, 0.15) is 84.3 Å². The van der Waals surface area contributed by atoms with E-state index in [1.54, 1.807) is 0 Å². The summed E-state index contributed by atoms with van der Waals surface area (Å²) in [6, 6.07) is 51.0. The van der Waals surface area contributed by atoms with Crippen molar-refractivity contribution in [3.05, 3.63) is 173 Å². The molecule has 2 atom stereocenters. The fourth-order valence-electron chi connectivity index (χ4n) is 7.56. The van der Waals surface area contributed by atoms with Crippen LogP contribution in [0.5, 0.6) is 5.75 Å². The van der Waals surface area contributed by atoms with Crippen LogP contribution in [0, 0.1) is 0 Å². The molecule has 2 heterocycles. The topological polar surface area (TPSA) is 34.2 Å². The third-order valence-electron chi connectivity index (χ3n) is 10.4. The zero-order valence-corrected chi connectivity index (χ0v) is 29.8. The monoisotopic (exact) mass is 680 g/mol. The highest BCUT2D eigenvalue weighted by atomic mass is 16.7. The number of ether oxygens (including phenoxy) is 3. The molecule has 0 aliphatic carbocycles. The van der Waals surface area contributed by atoms with Crippen molar-refractivity contribution in [2.45, 2.75) is 56.5 Å². The predicted octanol–water partition coefficient (Wildman–Crippen LogP) is 9.99. The second-order valence-corrected chi connectivity index (χ2v) is 13.9. The molecule has 5 heteroatoms. The third kappa shape index (κ3) is 9.75. The van der Waals surface area contributed by atoms with Crippen molar-refractivity contribution in [3.63, 3.8) is 0 Å². The molecule has 2 unspecified atom stereocenters. The van der Waals surface area contributed by atoms with Gasteiger partial charge in [0, 0.05) is 37.7 Å². The molecule has 0 radical (unpaired) electrons. The molecule has 51 heavy (non-hydrogen) atoms. The van der Waals surface area contributed by atoms with E-state index in [1.807, 2.05) is 24.3 Å². The van der Waals surface area contributed by atoms with Gasteiger partial charge in [-0.25, -0.2) is 0 Å². The molecule has 2 aliphatic heterocycles. The smallest absolute Gasteiger partial charge is 0.185 e. The summed E-state index contributed by atoms with van der Waals surface area (Å²) in [4.78, 5) is 5.29. The van der Waals surface area contributed by atoms with Crippen molar-refractivity contribution in [3.8, 4) is 5.75 Å². The first-order valence-electron chi connectivity index (χ1n) is 19.0. The summed E-state index contributed by atoms with van der Waals surface area (Å²) in [6.07, 6.45) is 5.17. The summed E-state index contributed by atoms with van der Waals surface area (Å²) in [6.45, 7) is 7.77. The average molecular weight is 681 g/mol. The zero-order valence-electron chi connectivity index (χ0n) is 29.8. The van der Waals surface area contributed by atoms with E-state index in [0.29, 0.717) is 5.92 Å². The van der Waals surface area contributed by atoms with Crippen molar-refractivity contribution >= 4 is 0 Å². The van der Waals surface area contributed by atoms with E-state index in [0.717, 1.165) is 48.4 Å². The molecule has 5 aromatic rings. The zero-order chi connectivity index (χ0) is 34.5. The van der Waals surface area contributed by atoms with Gasteiger partial charge in [-0.05, 0) is 73.2 Å².